The molecule has 25 heavy (non-hydrogen) atoms. The summed E-state index contributed by atoms with van der Waals surface area (Å²) >= 11 is 1.64. The first-order chi connectivity index (χ1) is 12.2. The van der Waals surface area contributed by atoms with Crippen molar-refractivity contribution < 1.29 is 4.79 Å². The first-order valence-electron chi connectivity index (χ1n) is 7.89. The van der Waals surface area contributed by atoms with E-state index < -0.39 is 0 Å². The number of carbonyl (C=O) groups excluding carboxylic acids is 1. The smallest absolute Gasteiger partial charge is 0.159 e. The van der Waals surface area contributed by atoms with Crippen molar-refractivity contribution in [2.45, 2.75) is 6.92 Å². The molecule has 0 saturated carbocycles. The molecular formula is C20H15N3OS. The summed E-state index contributed by atoms with van der Waals surface area (Å²) in [6, 6.07) is 19.8. The Balaban J connectivity index is 1.74. The van der Waals surface area contributed by atoms with Gasteiger partial charge >= 0.3 is 0 Å². The van der Waals surface area contributed by atoms with E-state index in [-0.39, 0.29) is 5.78 Å². The van der Waals surface area contributed by atoms with Crippen LogP contribution in [0, 0.1) is 0 Å². The number of hydrogen-bond donors (Lipinski definition) is 1. The molecule has 0 amide bonds. The zero-order valence-electron chi connectivity index (χ0n) is 13.6. The fraction of sp³-hybridized carbons (Fsp3) is 0.0500. The minimum absolute atomic E-state index is 0.0402. The average Bonchev–Trinajstić information content (AvgIpc) is 3.08. The number of nitrogens with zero attached hydrogens (tertiary/aromatic N) is 2. The summed E-state index contributed by atoms with van der Waals surface area (Å²) in [5, 5.41) is 4.28. The van der Waals surface area contributed by atoms with E-state index in [0.29, 0.717) is 5.56 Å². The van der Waals surface area contributed by atoms with Crippen LogP contribution in [0.3, 0.4) is 0 Å². The summed E-state index contributed by atoms with van der Waals surface area (Å²) in [6.07, 6.45) is 1.56. The number of thiophene rings is 1. The Morgan fingerprint density at radius 3 is 2.64 bits per heavy atom. The lowest BCUT2D eigenvalue weighted by Gasteiger charge is -2.07. The lowest BCUT2D eigenvalue weighted by molar-refractivity contribution is 0.101. The SMILES string of the molecule is CC(=O)c1cccc(Nc2ncnc3sc(-c4ccccc4)cc23)c1. The number of nitrogens with one attached hydrogen (secondary N) is 1. The van der Waals surface area contributed by atoms with Crippen molar-refractivity contribution in [3.8, 4) is 10.4 Å². The first kappa shape index (κ1) is 15.5. The first-order valence-corrected chi connectivity index (χ1v) is 8.70. The number of aromatic nitrogens is 2. The minimum atomic E-state index is 0.0402. The molecule has 2 aromatic heterocycles. The average molecular weight is 345 g/mol. The van der Waals surface area contributed by atoms with Gasteiger partial charge in [-0.1, -0.05) is 42.5 Å². The molecule has 2 heterocycles. The summed E-state index contributed by atoms with van der Waals surface area (Å²) in [5.74, 6) is 0.780. The lowest BCUT2D eigenvalue weighted by atomic mass is 10.1. The Morgan fingerprint density at radius 2 is 1.84 bits per heavy atom. The van der Waals surface area contributed by atoms with E-state index in [1.807, 2.05) is 36.4 Å². The van der Waals surface area contributed by atoms with Crippen LogP contribution in [-0.4, -0.2) is 15.8 Å². The topological polar surface area (TPSA) is 54.9 Å². The van der Waals surface area contributed by atoms with Gasteiger partial charge in [0.15, 0.2) is 5.78 Å². The summed E-state index contributed by atoms with van der Waals surface area (Å²) < 4.78 is 0. The number of rotatable bonds is 4. The maximum atomic E-state index is 11.6. The normalized spacial score (nSPS) is 10.8. The van der Waals surface area contributed by atoms with Gasteiger partial charge in [-0.15, -0.1) is 11.3 Å². The second-order valence-electron chi connectivity index (χ2n) is 5.68. The van der Waals surface area contributed by atoms with E-state index >= 15 is 0 Å². The highest BCUT2D eigenvalue weighted by Crippen LogP contribution is 2.35. The summed E-state index contributed by atoms with van der Waals surface area (Å²) in [7, 11) is 0. The summed E-state index contributed by atoms with van der Waals surface area (Å²) in [4.78, 5) is 22.4. The van der Waals surface area contributed by atoms with E-state index in [1.165, 1.54) is 0 Å². The highest BCUT2D eigenvalue weighted by atomic mass is 32.1. The van der Waals surface area contributed by atoms with Gasteiger partial charge in [0.25, 0.3) is 0 Å². The van der Waals surface area contributed by atoms with E-state index in [0.717, 1.165) is 32.2 Å². The Labute approximate surface area is 149 Å². The molecule has 1 N–H and O–H groups in total. The minimum Gasteiger partial charge on any atom is -0.340 e. The number of ketones is 1. The Hall–Kier alpha value is -3.05. The van der Waals surface area contributed by atoms with Gasteiger partial charge < -0.3 is 5.32 Å². The maximum absolute atomic E-state index is 11.6. The molecule has 4 nitrogen and oxygen atoms in total. The molecule has 0 fully saturated rings. The zero-order chi connectivity index (χ0) is 17.2. The Kier molecular flexibility index (Phi) is 3.99. The van der Waals surface area contributed by atoms with Crippen molar-refractivity contribution in [1.82, 2.24) is 9.97 Å². The monoisotopic (exact) mass is 345 g/mol. The molecule has 0 saturated heterocycles. The molecule has 4 aromatic rings. The van der Waals surface area contributed by atoms with Crippen LogP contribution in [0.25, 0.3) is 20.7 Å². The third-order valence-electron chi connectivity index (χ3n) is 3.92. The van der Waals surface area contributed by atoms with Gasteiger partial charge in [-0.2, -0.15) is 0 Å². The second-order valence-corrected chi connectivity index (χ2v) is 6.71. The highest BCUT2D eigenvalue weighted by Gasteiger charge is 2.10. The number of fused-ring (bicyclic) bond motifs is 1. The predicted octanol–water partition coefficient (Wildman–Crippen LogP) is 5.30. The number of carbonyl (C=O) groups is 1. The number of Topliss-reactive ketones (excluding diaryl/α,β-unsaturated/α-hetero) is 1. The quantitative estimate of drug-likeness (QED) is 0.510. The fourth-order valence-corrected chi connectivity index (χ4v) is 3.66. The molecule has 0 spiro atoms. The summed E-state index contributed by atoms with van der Waals surface area (Å²) in [5.41, 5.74) is 2.67. The van der Waals surface area contributed by atoms with Gasteiger partial charge in [-0.3, -0.25) is 4.79 Å². The maximum Gasteiger partial charge on any atom is 0.159 e. The van der Waals surface area contributed by atoms with Crippen molar-refractivity contribution >= 4 is 38.8 Å². The van der Waals surface area contributed by atoms with Crippen LogP contribution in [0.2, 0.25) is 0 Å². The van der Waals surface area contributed by atoms with Gasteiger partial charge in [-0.25, -0.2) is 9.97 Å². The molecule has 2 aromatic carbocycles. The van der Waals surface area contributed by atoms with E-state index in [2.05, 4.69) is 33.5 Å². The highest BCUT2D eigenvalue weighted by molar-refractivity contribution is 7.21. The number of anilines is 2. The fourth-order valence-electron chi connectivity index (χ4n) is 2.65. The van der Waals surface area contributed by atoms with Gasteiger partial charge in [-0.05, 0) is 30.7 Å². The molecule has 0 radical (unpaired) electrons. The van der Waals surface area contributed by atoms with Crippen LogP contribution >= 0.6 is 11.3 Å². The second kappa shape index (κ2) is 6.45. The van der Waals surface area contributed by atoms with Gasteiger partial charge in [0.1, 0.15) is 17.0 Å². The standard InChI is InChI=1S/C20H15N3OS/c1-13(24)15-8-5-9-16(10-15)23-19-17-11-18(14-6-3-2-4-7-14)25-20(17)22-12-21-19/h2-12H,1H3,(H,21,22,23). The molecule has 0 aliphatic heterocycles. The van der Waals surface area contributed by atoms with Crippen molar-refractivity contribution in [3.63, 3.8) is 0 Å². The zero-order valence-corrected chi connectivity index (χ0v) is 14.4. The van der Waals surface area contributed by atoms with Crippen LogP contribution in [0.5, 0.6) is 0 Å². The van der Waals surface area contributed by atoms with Crippen LogP contribution in [0.15, 0.2) is 67.0 Å². The van der Waals surface area contributed by atoms with Gasteiger partial charge in [0.2, 0.25) is 0 Å². The molecule has 0 atom stereocenters. The molecule has 0 aliphatic carbocycles. The van der Waals surface area contributed by atoms with E-state index in [1.54, 1.807) is 30.7 Å². The van der Waals surface area contributed by atoms with Crippen LogP contribution < -0.4 is 5.32 Å². The molecule has 0 bridgehead atoms. The van der Waals surface area contributed by atoms with Crippen molar-refractivity contribution in [3.05, 3.63) is 72.6 Å². The van der Waals surface area contributed by atoms with Gasteiger partial charge in [0, 0.05) is 16.1 Å². The van der Waals surface area contributed by atoms with Crippen LogP contribution in [0.4, 0.5) is 11.5 Å². The molecule has 0 unspecified atom stereocenters. The molecule has 4 rings (SSSR count). The number of benzene rings is 2. The van der Waals surface area contributed by atoms with Crippen LogP contribution in [0.1, 0.15) is 17.3 Å². The Bertz CT molecular complexity index is 1060. The summed E-state index contributed by atoms with van der Waals surface area (Å²) in [6.45, 7) is 1.56. The Morgan fingerprint density at radius 1 is 1.00 bits per heavy atom. The van der Waals surface area contributed by atoms with E-state index in [9.17, 15) is 4.79 Å². The third kappa shape index (κ3) is 3.14. The molecular weight excluding hydrogens is 330 g/mol. The molecule has 122 valence electrons. The largest absolute Gasteiger partial charge is 0.340 e. The van der Waals surface area contributed by atoms with Gasteiger partial charge in [0.05, 0.1) is 5.39 Å². The van der Waals surface area contributed by atoms with Crippen molar-refractivity contribution in [1.29, 1.82) is 0 Å². The van der Waals surface area contributed by atoms with Crippen LogP contribution in [-0.2, 0) is 0 Å². The number of hydrogen-bond acceptors (Lipinski definition) is 5. The predicted molar refractivity (Wildman–Crippen MR) is 103 cm³/mol. The molecule has 0 aliphatic rings. The van der Waals surface area contributed by atoms with Crippen molar-refractivity contribution in [2.75, 3.05) is 5.32 Å². The lowest BCUT2D eigenvalue weighted by Crippen LogP contribution is -1.97. The molecule has 5 heteroatoms. The van der Waals surface area contributed by atoms with Crippen molar-refractivity contribution in [2.24, 2.45) is 0 Å². The van der Waals surface area contributed by atoms with E-state index in [4.69, 9.17) is 0 Å². The third-order valence-corrected chi connectivity index (χ3v) is 5.01.